The van der Waals surface area contributed by atoms with Crippen LogP contribution in [-0.2, 0) is 6.54 Å². The first-order valence-corrected chi connectivity index (χ1v) is 7.21. The zero-order valence-electron chi connectivity index (χ0n) is 11.2. The van der Waals surface area contributed by atoms with E-state index in [1.807, 2.05) is 36.4 Å². The normalized spacial score (nSPS) is 10.2. The van der Waals surface area contributed by atoms with Crippen molar-refractivity contribution in [3.8, 4) is 11.5 Å². The molecular formula is C15H15BrClNO2. The maximum Gasteiger partial charge on any atom is 0.161 e. The fraction of sp³-hybridized carbons (Fsp3) is 0.200. The van der Waals surface area contributed by atoms with E-state index in [0.29, 0.717) is 11.6 Å². The number of nitrogens with one attached hydrogen (secondary N) is 1. The van der Waals surface area contributed by atoms with Crippen molar-refractivity contribution in [3.05, 3.63) is 51.5 Å². The molecule has 2 aromatic carbocycles. The molecule has 20 heavy (non-hydrogen) atoms. The second-order valence-electron chi connectivity index (χ2n) is 4.17. The summed E-state index contributed by atoms with van der Waals surface area (Å²) in [6.45, 7) is 0.681. The Morgan fingerprint density at radius 1 is 1.05 bits per heavy atom. The Labute approximate surface area is 132 Å². The summed E-state index contributed by atoms with van der Waals surface area (Å²) < 4.78 is 11.4. The molecule has 0 bridgehead atoms. The van der Waals surface area contributed by atoms with Crippen LogP contribution in [0.4, 0.5) is 5.69 Å². The van der Waals surface area contributed by atoms with Gasteiger partial charge in [0.15, 0.2) is 11.5 Å². The monoisotopic (exact) mass is 355 g/mol. The second kappa shape index (κ2) is 6.86. The van der Waals surface area contributed by atoms with Crippen LogP contribution in [0.15, 0.2) is 40.9 Å². The summed E-state index contributed by atoms with van der Waals surface area (Å²) in [7, 11) is 3.26. The fourth-order valence-electron chi connectivity index (χ4n) is 1.82. The highest BCUT2D eigenvalue weighted by Gasteiger charge is 2.05. The molecule has 106 valence electrons. The van der Waals surface area contributed by atoms with E-state index in [1.165, 1.54) is 0 Å². The molecule has 0 aliphatic rings. The van der Waals surface area contributed by atoms with Crippen LogP contribution in [0, 0.1) is 0 Å². The van der Waals surface area contributed by atoms with Gasteiger partial charge in [-0.25, -0.2) is 0 Å². The molecule has 0 unspecified atom stereocenters. The first kappa shape index (κ1) is 15.0. The summed E-state index contributed by atoms with van der Waals surface area (Å²) >= 11 is 9.40. The molecule has 0 aromatic heterocycles. The van der Waals surface area contributed by atoms with Gasteiger partial charge in [-0.3, -0.25) is 0 Å². The molecule has 0 aliphatic carbocycles. The Hall–Kier alpha value is -1.39. The first-order chi connectivity index (χ1) is 9.63. The molecule has 0 atom stereocenters. The van der Waals surface area contributed by atoms with Crippen LogP contribution < -0.4 is 14.8 Å². The highest BCUT2D eigenvalue weighted by molar-refractivity contribution is 9.10. The Morgan fingerprint density at radius 2 is 1.80 bits per heavy atom. The van der Waals surface area contributed by atoms with Crippen molar-refractivity contribution in [2.75, 3.05) is 19.5 Å². The third-order valence-electron chi connectivity index (χ3n) is 2.86. The van der Waals surface area contributed by atoms with Gasteiger partial charge in [-0.2, -0.15) is 0 Å². The lowest BCUT2D eigenvalue weighted by atomic mass is 10.2. The number of rotatable bonds is 5. The van der Waals surface area contributed by atoms with E-state index in [-0.39, 0.29) is 0 Å². The molecule has 2 rings (SSSR count). The standard InChI is InChI=1S/C15H15BrClNO2/c1-19-14-6-3-10(7-15(14)20-2)9-18-13-5-4-11(17)8-12(13)16/h3-8,18H,9H2,1-2H3. The van der Waals surface area contributed by atoms with Crippen LogP contribution >= 0.6 is 27.5 Å². The predicted molar refractivity (Wildman–Crippen MR) is 86.0 cm³/mol. The highest BCUT2D eigenvalue weighted by Crippen LogP contribution is 2.29. The fourth-order valence-corrected chi connectivity index (χ4v) is 2.64. The number of hydrogen-bond acceptors (Lipinski definition) is 3. The minimum Gasteiger partial charge on any atom is -0.493 e. The van der Waals surface area contributed by atoms with Crippen LogP contribution in [0.3, 0.4) is 0 Å². The van der Waals surface area contributed by atoms with Crippen molar-refractivity contribution in [3.63, 3.8) is 0 Å². The first-order valence-electron chi connectivity index (χ1n) is 6.04. The largest absolute Gasteiger partial charge is 0.493 e. The molecule has 0 saturated heterocycles. The number of anilines is 1. The van der Waals surface area contributed by atoms with E-state index in [2.05, 4.69) is 21.2 Å². The molecular weight excluding hydrogens is 342 g/mol. The van der Waals surface area contributed by atoms with Gasteiger partial charge in [0.25, 0.3) is 0 Å². The van der Waals surface area contributed by atoms with Gasteiger partial charge in [0.2, 0.25) is 0 Å². The van der Waals surface area contributed by atoms with Gasteiger partial charge in [-0.1, -0.05) is 17.7 Å². The van der Waals surface area contributed by atoms with Crippen LogP contribution in [0.2, 0.25) is 5.02 Å². The van der Waals surface area contributed by atoms with Gasteiger partial charge in [-0.05, 0) is 51.8 Å². The maximum absolute atomic E-state index is 5.92. The molecule has 0 spiro atoms. The quantitative estimate of drug-likeness (QED) is 0.840. The topological polar surface area (TPSA) is 30.5 Å². The van der Waals surface area contributed by atoms with E-state index in [4.69, 9.17) is 21.1 Å². The lowest BCUT2D eigenvalue weighted by Gasteiger charge is -2.12. The number of hydrogen-bond donors (Lipinski definition) is 1. The number of benzene rings is 2. The Bertz CT molecular complexity index is 604. The van der Waals surface area contributed by atoms with Crippen LogP contribution in [0.25, 0.3) is 0 Å². The van der Waals surface area contributed by atoms with Crippen molar-refractivity contribution in [1.29, 1.82) is 0 Å². The average molecular weight is 357 g/mol. The number of halogens is 2. The molecule has 1 N–H and O–H groups in total. The van der Waals surface area contributed by atoms with E-state index in [1.54, 1.807) is 14.2 Å². The van der Waals surface area contributed by atoms with Gasteiger partial charge in [-0.15, -0.1) is 0 Å². The summed E-state index contributed by atoms with van der Waals surface area (Å²) in [5, 5.41) is 4.05. The van der Waals surface area contributed by atoms with Gasteiger partial charge in [0.05, 0.1) is 14.2 Å². The lowest BCUT2D eigenvalue weighted by Crippen LogP contribution is -2.01. The number of methoxy groups -OCH3 is 2. The third kappa shape index (κ3) is 3.58. The van der Waals surface area contributed by atoms with Crippen molar-refractivity contribution >= 4 is 33.2 Å². The average Bonchev–Trinajstić information content (AvgIpc) is 2.46. The van der Waals surface area contributed by atoms with Gasteiger partial charge in [0.1, 0.15) is 0 Å². The van der Waals surface area contributed by atoms with Crippen molar-refractivity contribution in [2.24, 2.45) is 0 Å². The zero-order chi connectivity index (χ0) is 14.5. The molecule has 0 radical (unpaired) electrons. The smallest absolute Gasteiger partial charge is 0.161 e. The highest BCUT2D eigenvalue weighted by atomic mass is 79.9. The maximum atomic E-state index is 5.92. The molecule has 0 heterocycles. The van der Waals surface area contributed by atoms with Crippen molar-refractivity contribution < 1.29 is 9.47 Å². The molecule has 5 heteroatoms. The van der Waals surface area contributed by atoms with Crippen LogP contribution in [0.5, 0.6) is 11.5 Å². The summed E-state index contributed by atoms with van der Waals surface area (Å²) in [6, 6.07) is 11.5. The van der Waals surface area contributed by atoms with Crippen LogP contribution in [-0.4, -0.2) is 14.2 Å². The third-order valence-corrected chi connectivity index (χ3v) is 3.75. The molecule has 0 saturated carbocycles. The van der Waals surface area contributed by atoms with Crippen molar-refractivity contribution in [2.45, 2.75) is 6.54 Å². The lowest BCUT2D eigenvalue weighted by molar-refractivity contribution is 0.354. The molecule has 2 aromatic rings. The molecule has 0 fully saturated rings. The van der Waals surface area contributed by atoms with E-state index >= 15 is 0 Å². The minimum atomic E-state index is 0.681. The van der Waals surface area contributed by atoms with Gasteiger partial charge < -0.3 is 14.8 Å². The van der Waals surface area contributed by atoms with E-state index in [9.17, 15) is 0 Å². The van der Waals surface area contributed by atoms with Gasteiger partial charge >= 0.3 is 0 Å². The summed E-state index contributed by atoms with van der Waals surface area (Å²) in [6.07, 6.45) is 0. The Kier molecular flexibility index (Phi) is 5.15. The molecule has 0 amide bonds. The molecule has 0 aliphatic heterocycles. The number of ether oxygens (including phenoxy) is 2. The van der Waals surface area contributed by atoms with Crippen LogP contribution in [0.1, 0.15) is 5.56 Å². The van der Waals surface area contributed by atoms with Gasteiger partial charge in [0, 0.05) is 21.7 Å². The summed E-state index contributed by atoms with van der Waals surface area (Å²) in [5.74, 6) is 1.45. The van der Waals surface area contributed by atoms with Crippen molar-refractivity contribution in [1.82, 2.24) is 0 Å². The zero-order valence-corrected chi connectivity index (χ0v) is 13.6. The van der Waals surface area contributed by atoms with E-state index in [0.717, 1.165) is 27.2 Å². The Balaban J connectivity index is 2.10. The second-order valence-corrected chi connectivity index (χ2v) is 5.46. The minimum absolute atomic E-state index is 0.681. The predicted octanol–water partition coefficient (Wildman–Crippen LogP) is 4.73. The Morgan fingerprint density at radius 3 is 2.45 bits per heavy atom. The summed E-state index contributed by atoms with van der Waals surface area (Å²) in [5.41, 5.74) is 2.09. The molecule has 3 nitrogen and oxygen atoms in total. The SMILES string of the molecule is COc1ccc(CNc2ccc(Cl)cc2Br)cc1OC. The van der Waals surface area contributed by atoms with E-state index < -0.39 is 0 Å². The summed E-state index contributed by atoms with van der Waals surface area (Å²) in [4.78, 5) is 0.